The Morgan fingerprint density at radius 1 is 1.27 bits per heavy atom. The van der Waals surface area contributed by atoms with E-state index in [0.29, 0.717) is 17.6 Å². The van der Waals surface area contributed by atoms with Crippen LogP contribution in [0, 0.1) is 6.92 Å². The van der Waals surface area contributed by atoms with Gasteiger partial charge in [0.05, 0.1) is 13.7 Å². The number of anilines is 1. The van der Waals surface area contributed by atoms with E-state index in [1.54, 1.807) is 7.11 Å². The summed E-state index contributed by atoms with van der Waals surface area (Å²) in [5.41, 5.74) is 2.07. The van der Waals surface area contributed by atoms with Gasteiger partial charge in [0.2, 0.25) is 0 Å². The first-order valence-corrected chi connectivity index (χ1v) is 10.5. The zero-order chi connectivity index (χ0) is 20.6. The van der Waals surface area contributed by atoms with Crippen molar-refractivity contribution in [1.82, 2.24) is 15.6 Å². The summed E-state index contributed by atoms with van der Waals surface area (Å²) in [6.45, 7) is 7.42. The lowest BCUT2D eigenvalue weighted by Crippen LogP contribution is -2.48. The monoisotopic (exact) mass is 543 g/mol. The molecule has 2 aromatic rings. The molecule has 1 aliphatic heterocycles. The van der Waals surface area contributed by atoms with Crippen molar-refractivity contribution in [2.24, 2.45) is 4.99 Å². The summed E-state index contributed by atoms with van der Waals surface area (Å²) in [6.07, 6.45) is 2.09. The molecule has 30 heavy (non-hydrogen) atoms. The van der Waals surface area contributed by atoms with Crippen LogP contribution in [0.1, 0.15) is 31.0 Å². The summed E-state index contributed by atoms with van der Waals surface area (Å²) < 4.78 is 5.42. The number of hydrogen-bond donors (Lipinski definition) is 2. The van der Waals surface area contributed by atoms with Gasteiger partial charge in [-0.3, -0.25) is 0 Å². The fraction of sp³-hybridized carbons (Fsp3) is 0.455. The lowest BCUT2D eigenvalue weighted by Gasteiger charge is -2.34. The number of nitrogens with one attached hydrogen (secondary N) is 2. The van der Waals surface area contributed by atoms with Crippen molar-refractivity contribution in [3.63, 3.8) is 0 Å². The molecule has 1 fully saturated rings. The van der Waals surface area contributed by atoms with E-state index in [1.807, 2.05) is 31.2 Å². The molecule has 0 amide bonds. The molecule has 0 aliphatic carbocycles. The second kappa shape index (κ2) is 12.2. The lowest BCUT2D eigenvalue weighted by molar-refractivity contribution is 0.410. The first-order chi connectivity index (χ1) is 14.1. The quantitative estimate of drug-likeness (QED) is 0.321. The molecule has 0 bridgehead atoms. The maximum absolute atomic E-state index is 6.05. The Morgan fingerprint density at radius 2 is 2.03 bits per heavy atom. The Balaban J connectivity index is 0.00000320. The summed E-state index contributed by atoms with van der Waals surface area (Å²) in [5, 5.41) is 7.59. The third-order valence-corrected chi connectivity index (χ3v) is 5.27. The molecule has 2 N–H and O–H groups in total. The van der Waals surface area contributed by atoms with Gasteiger partial charge in [0.25, 0.3) is 0 Å². The van der Waals surface area contributed by atoms with E-state index in [-0.39, 0.29) is 24.0 Å². The highest BCUT2D eigenvalue weighted by Crippen LogP contribution is 2.24. The van der Waals surface area contributed by atoms with E-state index >= 15 is 0 Å². The minimum absolute atomic E-state index is 0. The first-order valence-electron chi connectivity index (χ1n) is 10.1. The van der Waals surface area contributed by atoms with E-state index in [2.05, 4.69) is 39.6 Å². The molecule has 1 aliphatic rings. The fourth-order valence-electron chi connectivity index (χ4n) is 3.48. The molecule has 2 heterocycles. The molecule has 164 valence electrons. The van der Waals surface area contributed by atoms with Crippen molar-refractivity contribution >= 4 is 47.4 Å². The van der Waals surface area contributed by atoms with Gasteiger partial charge in [0.15, 0.2) is 5.96 Å². The van der Waals surface area contributed by atoms with Gasteiger partial charge >= 0.3 is 0 Å². The Kier molecular flexibility index (Phi) is 9.97. The third kappa shape index (κ3) is 6.91. The number of ether oxygens (including phenoxy) is 1. The number of rotatable bonds is 6. The van der Waals surface area contributed by atoms with Crippen LogP contribution >= 0.6 is 35.6 Å². The normalized spacial score (nSPS) is 14.8. The predicted molar refractivity (Wildman–Crippen MR) is 136 cm³/mol. The standard InChI is InChI=1S/C22H30ClN5O.HI/c1-4-24-22(25-15-17-8-9-18(23)14-20(17)29-3)27-19-10-12-28(13-11-19)21-7-5-6-16(2)26-21;/h5-9,14,19H,4,10-13,15H2,1-3H3,(H2,24,25,27);1H. The molecule has 0 saturated carbocycles. The Bertz CT molecular complexity index is 840. The molecular formula is C22H31ClIN5O. The number of aliphatic imine (C=N–C) groups is 1. The van der Waals surface area contributed by atoms with E-state index in [4.69, 9.17) is 21.3 Å². The Labute approximate surface area is 201 Å². The molecule has 0 spiro atoms. The van der Waals surface area contributed by atoms with Crippen LogP contribution < -0.4 is 20.3 Å². The highest BCUT2D eigenvalue weighted by molar-refractivity contribution is 14.0. The van der Waals surface area contributed by atoms with Gasteiger partial charge in [-0.2, -0.15) is 0 Å². The van der Waals surface area contributed by atoms with Crippen molar-refractivity contribution in [2.45, 2.75) is 39.3 Å². The molecule has 0 atom stereocenters. The smallest absolute Gasteiger partial charge is 0.191 e. The summed E-state index contributed by atoms with van der Waals surface area (Å²) in [6, 6.07) is 12.2. The molecule has 3 rings (SSSR count). The van der Waals surface area contributed by atoms with Crippen molar-refractivity contribution in [3.05, 3.63) is 52.7 Å². The first kappa shape index (κ1) is 24.5. The van der Waals surface area contributed by atoms with Gasteiger partial charge in [-0.1, -0.05) is 23.7 Å². The molecule has 8 heteroatoms. The van der Waals surface area contributed by atoms with E-state index in [1.165, 1.54) is 0 Å². The molecule has 6 nitrogen and oxygen atoms in total. The topological polar surface area (TPSA) is 61.8 Å². The van der Waals surface area contributed by atoms with Crippen LogP contribution in [-0.2, 0) is 6.54 Å². The SMILES string of the molecule is CCNC(=NCc1ccc(Cl)cc1OC)NC1CCN(c2cccc(C)n2)CC1.I. The highest BCUT2D eigenvalue weighted by Gasteiger charge is 2.21. The number of aromatic nitrogens is 1. The lowest BCUT2D eigenvalue weighted by atomic mass is 10.1. The summed E-state index contributed by atoms with van der Waals surface area (Å²) in [7, 11) is 1.65. The van der Waals surface area contributed by atoms with Crippen LogP contribution in [0.5, 0.6) is 5.75 Å². The number of guanidine groups is 1. The van der Waals surface area contributed by atoms with Gasteiger partial charge in [-0.05, 0) is 51.0 Å². The maximum Gasteiger partial charge on any atom is 0.191 e. The van der Waals surface area contributed by atoms with Crippen molar-refractivity contribution in [3.8, 4) is 5.75 Å². The second-order valence-electron chi connectivity index (χ2n) is 7.19. The van der Waals surface area contributed by atoms with Crippen LogP contribution in [0.25, 0.3) is 0 Å². The van der Waals surface area contributed by atoms with Crippen LogP contribution in [0.2, 0.25) is 5.02 Å². The summed E-state index contributed by atoms with van der Waals surface area (Å²) >= 11 is 6.05. The van der Waals surface area contributed by atoms with Gasteiger partial charge in [-0.15, -0.1) is 24.0 Å². The van der Waals surface area contributed by atoms with Crippen LogP contribution in [0.15, 0.2) is 41.4 Å². The third-order valence-electron chi connectivity index (χ3n) is 5.03. The largest absolute Gasteiger partial charge is 0.496 e. The van der Waals surface area contributed by atoms with Crippen molar-refractivity contribution < 1.29 is 4.74 Å². The van der Waals surface area contributed by atoms with E-state index < -0.39 is 0 Å². The number of benzene rings is 1. The van der Waals surface area contributed by atoms with Gasteiger partial charge in [0.1, 0.15) is 11.6 Å². The zero-order valence-electron chi connectivity index (χ0n) is 17.8. The number of methoxy groups -OCH3 is 1. The van der Waals surface area contributed by atoms with Crippen molar-refractivity contribution in [2.75, 3.05) is 31.6 Å². The van der Waals surface area contributed by atoms with E-state index in [9.17, 15) is 0 Å². The van der Waals surface area contributed by atoms with Crippen molar-refractivity contribution in [1.29, 1.82) is 0 Å². The van der Waals surface area contributed by atoms with Crippen LogP contribution in [0.3, 0.4) is 0 Å². The number of nitrogens with zero attached hydrogens (tertiary/aromatic N) is 3. The molecular weight excluding hydrogens is 513 g/mol. The molecule has 1 aromatic carbocycles. The average Bonchev–Trinajstić information content (AvgIpc) is 2.73. The second-order valence-corrected chi connectivity index (χ2v) is 7.63. The predicted octanol–water partition coefficient (Wildman–Crippen LogP) is 4.39. The Morgan fingerprint density at radius 3 is 2.70 bits per heavy atom. The van der Waals surface area contributed by atoms with Crippen LogP contribution in [0.4, 0.5) is 5.82 Å². The molecule has 0 radical (unpaired) electrons. The van der Waals surface area contributed by atoms with Crippen LogP contribution in [-0.4, -0.2) is 43.7 Å². The Hall–Kier alpha value is -1.74. The summed E-state index contributed by atoms with van der Waals surface area (Å²) in [4.78, 5) is 11.8. The number of halogens is 2. The van der Waals surface area contributed by atoms with E-state index in [0.717, 1.165) is 61.3 Å². The number of pyridine rings is 1. The van der Waals surface area contributed by atoms with Gasteiger partial charge < -0.3 is 20.3 Å². The maximum atomic E-state index is 6.05. The molecule has 0 unspecified atom stereocenters. The number of piperidine rings is 1. The average molecular weight is 544 g/mol. The molecule has 1 aromatic heterocycles. The highest BCUT2D eigenvalue weighted by atomic mass is 127. The zero-order valence-corrected chi connectivity index (χ0v) is 20.9. The minimum Gasteiger partial charge on any atom is -0.496 e. The number of hydrogen-bond acceptors (Lipinski definition) is 4. The minimum atomic E-state index is 0. The van der Waals surface area contributed by atoms with Gasteiger partial charge in [-0.25, -0.2) is 9.98 Å². The number of aryl methyl sites for hydroxylation is 1. The fourth-order valence-corrected chi connectivity index (χ4v) is 3.65. The van der Waals surface area contributed by atoms with Gasteiger partial charge in [0, 0.05) is 42.0 Å². The summed E-state index contributed by atoms with van der Waals surface area (Å²) in [5.74, 6) is 2.66. The molecule has 1 saturated heterocycles.